The summed E-state index contributed by atoms with van der Waals surface area (Å²) in [4.78, 5) is 12.2. The average Bonchev–Trinajstić information content (AvgIpc) is 2.93. The summed E-state index contributed by atoms with van der Waals surface area (Å²) in [6.07, 6.45) is 1.51. The summed E-state index contributed by atoms with van der Waals surface area (Å²) in [5, 5.41) is 0.933. The number of furan rings is 2. The van der Waals surface area contributed by atoms with E-state index in [9.17, 15) is 4.79 Å². The minimum Gasteiger partial charge on any atom is -0.460 e. The van der Waals surface area contributed by atoms with Crippen LogP contribution < -0.4 is 0 Å². The zero-order valence-electron chi connectivity index (χ0n) is 10.2. The first kappa shape index (κ1) is 10.8. The van der Waals surface area contributed by atoms with Gasteiger partial charge in [0, 0.05) is 5.39 Å². The van der Waals surface area contributed by atoms with E-state index in [0.29, 0.717) is 17.1 Å². The molecule has 0 unspecified atom stereocenters. The number of hydrogen-bond acceptors (Lipinski definition) is 3. The highest BCUT2D eigenvalue weighted by Gasteiger charge is 2.19. The van der Waals surface area contributed by atoms with Crippen LogP contribution in [0, 0.1) is 13.8 Å². The first-order valence-corrected chi connectivity index (χ1v) is 5.74. The van der Waals surface area contributed by atoms with Gasteiger partial charge >= 0.3 is 0 Å². The fraction of sp³-hybridized carbons (Fsp3) is 0.133. The standard InChI is InChI=1S/C15H12O3/c1-9-3-4-12-11(7-9)8-13(18-12)14(16)15-10(2)5-6-17-15/h3-8H,1-2H3. The summed E-state index contributed by atoms with van der Waals surface area (Å²) >= 11 is 0. The van der Waals surface area contributed by atoms with Crippen LogP contribution >= 0.6 is 0 Å². The number of carbonyl (C=O) groups is 1. The summed E-state index contributed by atoms with van der Waals surface area (Å²) in [5.41, 5.74) is 2.67. The van der Waals surface area contributed by atoms with Gasteiger partial charge in [0.1, 0.15) is 5.58 Å². The van der Waals surface area contributed by atoms with Crippen molar-refractivity contribution >= 4 is 16.8 Å². The third kappa shape index (κ3) is 1.64. The fourth-order valence-electron chi connectivity index (χ4n) is 1.99. The van der Waals surface area contributed by atoms with E-state index in [-0.39, 0.29) is 5.78 Å². The Balaban J connectivity index is 2.10. The first-order chi connectivity index (χ1) is 8.65. The normalized spacial score (nSPS) is 11.0. The monoisotopic (exact) mass is 240 g/mol. The minimum atomic E-state index is -0.216. The average molecular weight is 240 g/mol. The second-order valence-corrected chi connectivity index (χ2v) is 4.41. The molecule has 3 heteroatoms. The van der Waals surface area contributed by atoms with Crippen LogP contribution in [0.5, 0.6) is 0 Å². The Hall–Kier alpha value is -2.29. The van der Waals surface area contributed by atoms with Gasteiger partial charge < -0.3 is 8.83 Å². The predicted molar refractivity (Wildman–Crippen MR) is 67.8 cm³/mol. The molecule has 0 spiro atoms. The third-order valence-corrected chi connectivity index (χ3v) is 2.96. The smallest absolute Gasteiger partial charge is 0.263 e. The number of carbonyl (C=O) groups excluding carboxylic acids is 1. The Morgan fingerprint density at radius 1 is 1.11 bits per heavy atom. The molecule has 0 aliphatic heterocycles. The lowest BCUT2D eigenvalue weighted by Gasteiger charge is -1.93. The topological polar surface area (TPSA) is 43.4 Å². The lowest BCUT2D eigenvalue weighted by Crippen LogP contribution is -1.99. The zero-order chi connectivity index (χ0) is 12.7. The van der Waals surface area contributed by atoms with E-state index in [0.717, 1.165) is 16.5 Å². The van der Waals surface area contributed by atoms with E-state index >= 15 is 0 Å². The van der Waals surface area contributed by atoms with Gasteiger partial charge in [0.25, 0.3) is 5.78 Å². The largest absolute Gasteiger partial charge is 0.460 e. The van der Waals surface area contributed by atoms with E-state index in [1.807, 2.05) is 32.0 Å². The van der Waals surface area contributed by atoms with Crippen LogP contribution in [0.15, 0.2) is 45.4 Å². The molecule has 90 valence electrons. The van der Waals surface area contributed by atoms with Crippen LogP contribution in [0.3, 0.4) is 0 Å². The van der Waals surface area contributed by atoms with Crippen molar-refractivity contribution in [2.75, 3.05) is 0 Å². The maximum absolute atomic E-state index is 12.2. The van der Waals surface area contributed by atoms with Crippen LogP contribution in [0.4, 0.5) is 0 Å². The van der Waals surface area contributed by atoms with Gasteiger partial charge in [0.15, 0.2) is 11.5 Å². The van der Waals surface area contributed by atoms with Gasteiger partial charge in [-0.2, -0.15) is 0 Å². The van der Waals surface area contributed by atoms with E-state index in [2.05, 4.69) is 0 Å². The van der Waals surface area contributed by atoms with Gasteiger partial charge in [0.2, 0.25) is 0 Å². The Kier molecular flexibility index (Phi) is 2.33. The molecule has 0 atom stereocenters. The van der Waals surface area contributed by atoms with Crippen LogP contribution in [-0.4, -0.2) is 5.78 Å². The van der Waals surface area contributed by atoms with Crippen LogP contribution in [0.1, 0.15) is 27.4 Å². The first-order valence-electron chi connectivity index (χ1n) is 5.74. The number of benzene rings is 1. The summed E-state index contributed by atoms with van der Waals surface area (Å²) in [5.74, 6) is 0.436. The Labute approximate surface area is 104 Å². The Bertz CT molecular complexity index is 731. The molecule has 0 radical (unpaired) electrons. The Morgan fingerprint density at radius 2 is 1.94 bits per heavy atom. The van der Waals surface area contributed by atoms with Gasteiger partial charge in [-0.15, -0.1) is 0 Å². The molecule has 3 rings (SSSR count). The van der Waals surface area contributed by atoms with E-state index in [4.69, 9.17) is 8.83 Å². The van der Waals surface area contributed by atoms with Gasteiger partial charge in [-0.3, -0.25) is 4.79 Å². The van der Waals surface area contributed by atoms with Crippen molar-refractivity contribution in [2.24, 2.45) is 0 Å². The highest BCUT2D eigenvalue weighted by molar-refractivity contribution is 6.08. The molecule has 18 heavy (non-hydrogen) atoms. The van der Waals surface area contributed by atoms with Crippen molar-refractivity contribution in [3.05, 3.63) is 59.2 Å². The molecule has 0 amide bonds. The van der Waals surface area contributed by atoms with E-state index in [1.54, 1.807) is 12.1 Å². The summed E-state index contributed by atoms with van der Waals surface area (Å²) in [6.45, 7) is 3.84. The molecule has 0 fully saturated rings. The molecule has 0 N–H and O–H groups in total. The SMILES string of the molecule is Cc1ccc2oc(C(=O)c3occc3C)cc2c1. The minimum absolute atomic E-state index is 0.216. The maximum Gasteiger partial charge on any atom is 0.263 e. The second kappa shape index (κ2) is 3.88. The van der Waals surface area contributed by atoms with Crippen LogP contribution in [0.25, 0.3) is 11.0 Å². The molecule has 0 saturated heterocycles. The third-order valence-electron chi connectivity index (χ3n) is 2.96. The highest BCUT2D eigenvalue weighted by Crippen LogP contribution is 2.23. The summed E-state index contributed by atoms with van der Waals surface area (Å²) in [6, 6.07) is 9.34. The molecule has 0 aliphatic carbocycles. The van der Waals surface area contributed by atoms with Gasteiger partial charge in [-0.25, -0.2) is 0 Å². The quantitative estimate of drug-likeness (QED) is 0.638. The number of hydrogen-bond donors (Lipinski definition) is 0. The Morgan fingerprint density at radius 3 is 2.67 bits per heavy atom. The lowest BCUT2D eigenvalue weighted by molar-refractivity contribution is 0.0984. The summed E-state index contributed by atoms with van der Waals surface area (Å²) in [7, 11) is 0. The zero-order valence-corrected chi connectivity index (χ0v) is 10.2. The number of ketones is 1. The maximum atomic E-state index is 12.2. The second-order valence-electron chi connectivity index (χ2n) is 4.41. The van der Waals surface area contributed by atoms with E-state index in [1.165, 1.54) is 6.26 Å². The van der Waals surface area contributed by atoms with Crippen molar-refractivity contribution in [1.29, 1.82) is 0 Å². The van der Waals surface area contributed by atoms with Gasteiger partial charge in [0.05, 0.1) is 6.26 Å². The molecule has 1 aromatic carbocycles. The molecule has 2 aromatic heterocycles. The van der Waals surface area contributed by atoms with E-state index < -0.39 is 0 Å². The molecule has 2 heterocycles. The molecule has 0 bridgehead atoms. The molecule has 3 nitrogen and oxygen atoms in total. The highest BCUT2D eigenvalue weighted by atomic mass is 16.4. The van der Waals surface area contributed by atoms with Crippen molar-refractivity contribution in [1.82, 2.24) is 0 Å². The lowest BCUT2D eigenvalue weighted by atomic mass is 10.1. The van der Waals surface area contributed by atoms with Crippen LogP contribution in [0.2, 0.25) is 0 Å². The van der Waals surface area contributed by atoms with Crippen molar-refractivity contribution < 1.29 is 13.6 Å². The molecular weight excluding hydrogens is 228 g/mol. The molecule has 3 aromatic rings. The molecule has 0 saturated carbocycles. The van der Waals surface area contributed by atoms with Crippen molar-refractivity contribution in [3.63, 3.8) is 0 Å². The van der Waals surface area contributed by atoms with Gasteiger partial charge in [-0.05, 0) is 43.7 Å². The predicted octanol–water partition coefficient (Wildman–Crippen LogP) is 3.87. The van der Waals surface area contributed by atoms with Gasteiger partial charge in [-0.1, -0.05) is 11.6 Å². The van der Waals surface area contributed by atoms with Crippen molar-refractivity contribution in [2.45, 2.75) is 13.8 Å². The molecule has 0 aliphatic rings. The molecular formula is C15H12O3. The number of aryl methyl sites for hydroxylation is 2. The number of rotatable bonds is 2. The summed E-state index contributed by atoms with van der Waals surface area (Å²) < 4.78 is 10.7. The van der Waals surface area contributed by atoms with Crippen LogP contribution in [-0.2, 0) is 0 Å². The fourth-order valence-corrected chi connectivity index (χ4v) is 1.99. The van der Waals surface area contributed by atoms with Crippen molar-refractivity contribution in [3.8, 4) is 0 Å². The number of fused-ring (bicyclic) bond motifs is 1.